The number of rotatable bonds is 9. The molecule has 0 aromatic carbocycles. The van der Waals surface area contributed by atoms with Gasteiger partial charge < -0.3 is 14.7 Å². The first kappa shape index (κ1) is 17.4. The Bertz CT molecular complexity index is 347. The number of hydrogen-bond donors (Lipinski definition) is 1. The molecule has 0 saturated heterocycles. The van der Waals surface area contributed by atoms with Crippen molar-refractivity contribution in [3.05, 3.63) is 0 Å². The van der Waals surface area contributed by atoms with Gasteiger partial charge in [-0.25, -0.2) is 0 Å². The van der Waals surface area contributed by atoms with Gasteiger partial charge in [-0.1, -0.05) is 13.8 Å². The lowest BCUT2D eigenvalue weighted by Crippen LogP contribution is -2.37. The van der Waals surface area contributed by atoms with Crippen LogP contribution < -0.4 is 0 Å². The second kappa shape index (κ2) is 8.48. The van der Waals surface area contributed by atoms with Gasteiger partial charge in [0, 0.05) is 26.6 Å². The van der Waals surface area contributed by atoms with Crippen LogP contribution in [0.2, 0.25) is 0 Å². The van der Waals surface area contributed by atoms with Crippen LogP contribution in [0, 0.1) is 16.7 Å². The minimum absolute atomic E-state index is 0.0604. The van der Waals surface area contributed by atoms with Gasteiger partial charge in [0.15, 0.2) is 0 Å². The first-order valence-electron chi connectivity index (χ1n) is 6.18. The summed E-state index contributed by atoms with van der Waals surface area (Å²) in [4.78, 5) is 24.4. The van der Waals surface area contributed by atoms with Crippen molar-refractivity contribution in [2.45, 2.75) is 33.1 Å². The predicted molar refractivity (Wildman–Crippen MR) is 69.3 cm³/mol. The summed E-state index contributed by atoms with van der Waals surface area (Å²) in [6.07, 6.45) is 0.346. The Morgan fingerprint density at radius 1 is 1.32 bits per heavy atom. The quantitative estimate of drug-likeness (QED) is 0.681. The number of carbonyl (C=O) groups is 2. The Kier molecular flexibility index (Phi) is 7.77. The molecule has 0 saturated carbocycles. The summed E-state index contributed by atoms with van der Waals surface area (Å²) in [6.45, 7) is 4.66. The van der Waals surface area contributed by atoms with Gasteiger partial charge in [-0.2, -0.15) is 5.26 Å². The van der Waals surface area contributed by atoms with Gasteiger partial charge in [-0.3, -0.25) is 9.59 Å². The first-order valence-corrected chi connectivity index (χ1v) is 6.18. The maximum atomic E-state index is 12.1. The standard InChI is InChI=1S/C13H22N2O4/c1-13(2,10-12(17)18)9-11(16)15(6-4-5-14)7-8-19-3/h4,6-10H2,1-3H3,(H,17,18). The normalized spacial score (nSPS) is 10.8. The minimum atomic E-state index is -0.918. The van der Waals surface area contributed by atoms with E-state index in [1.54, 1.807) is 25.9 Å². The maximum Gasteiger partial charge on any atom is 0.303 e. The van der Waals surface area contributed by atoms with Crippen molar-refractivity contribution < 1.29 is 19.4 Å². The third kappa shape index (κ3) is 8.16. The van der Waals surface area contributed by atoms with Crippen LogP contribution in [-0.4, -0.2) is 48.7 Å². The molecule has 1 amide bonds. The number of aliphatic carboxylic acids is 1. The molecule has 0 heterocycles. The highest BCUT2D eigenvalue weighted by Gasteiger charge is 2.27. The zero-order chi connectivity index (χ0) is 14.9. The summed E-state index contributed by atoms with van der Waals surface area (Å²) in [7, 11) is 1.54. The minimum Gasteiger partial charge on any atom is -0.481 e. The average Bonchev–Trinajstić information content (AvgIpc) is 2.26. The van der Waals surface area contributed by atoms with Gasteiger partial charge >= 0.3 is 5.97 Å². The van der Waals surface area contributed by atoms with E-state index in [4.69, 9.17) is 15.1 Å². The lowest BCUT2D eigenvalue weighted by atomic mass is 9.85. The van der Waals surface area contributed by atoms with Gasteiger partial charge in [0.2, 0.25) is 5.91 Å². The Hall–Kier alpha value is -1.61. The van der Waals surface area contributed by atoms with E-state index in [9.17, 15) is 9.59 Å². The van der Waals surface area contributed by atoms with Crippen LogP contribution in [-0.2, 0) is 14.3 Å². The molecule has 0 radical (unpaired) electrons. The molecule has 0 aliphatic rings. The molecule has 0 aliphatic carbocycles. The highest BCUT2D eigenvalue weighted by molar-refractivity contribution is 5.78. The van der Waals surface area contributed by atoms with E-state index >= 15 is 0 Å². The third-order valence-corrected chi connectivity index (χ3v) is 2.67. The lowest BCUT2D eigenvalue weighted by molar-refractivity contribution is -0.140. The largest absolute Gasteiger partial charge is 0.481 e. The molecule has 0 atom stereocenters. The number of methoxy groups -OCH3 is 1. The molecule has 0 spiro atoms. The number of carboxylic acid groups (broad SMARTS) is 1. The molecule has 0 aromatic rings. The lowest BCUT2D eigenvalue weighted by Gasteiger charge is -2.27. The zero-order valence-corrected chi connectivity index (χ0v) is 11.8. The SMILES string of the molecule is COCCN(CCC#N)C(=O)CC(C)(C)CC(=O)O. The zero-order valence-electron chi connectivity index (χ0n) is 11.8. The molecule has 0 aliphatic heterocycles. The van der Waals surface area contributed by atoms with Gasteiger partial charge in [-0.15, -0.1) is 0 Å². The first-order chi connectivity index (χ1) is 8.82. The smallest absolute Gasteiger partial charge is 0.303 e. The molecule has 0 aromatic heterocycles. The molecule has 1 N–H and O–H groups in total. The van der Waals surface area contributed by atoms with Crippen molar-refractivity contribution in [2.75, 3.05) is 26.8 Å². The van der Waals surface area contributed by atoms with E-state index in [2.05, 4.69) is 0 Å². The summed E-state index contributed by atoms with van der Waals surface area (Å²) in [5.41, 5.74) is -0.596. The molecule has 0 bridgehead atoms. The predicted octanol–water partition coefficient (Wildman–Crippen LogP) is 1.27. The fraction of sp³-hybridized carbons (Fsp3) is 0.769. The number of nitriles is 1. The Balaban J connectivity index is 4.52. The topological polar surface area (TPSA) is 90.6 Å². The average molecular weight is 270 g/mol. The number of amides is 1. The molecule has 6 heteroatoms. The third-order valence-electron chi connectivity index (χ3n) is 2.67. The van der Waals surface area contributed by atoms with Crippen molar-refractivity contribution in [3.63, 3.8) is 0 Å². The Labute approximate surface area is 114 Å². The monoisotopic (exact) mass is 270 g/mol. The van der Waals surface area contributed by atoms with Crippen LogP contribution >= 0.6 is 0 Å². The van der Waals surface area contributed by atoms with Crippen LogP contribution in [0.25, 0.3) is 0 Å². The van der Waals surface area contributed by atoms with Gasteiger partial charge in [0.25, 0.3) is 0 Å². The van der Waals surface area contributed by atoms with Gasteiger partial charge in [0.1, 0.15) is 0 Å². The van der Waals surface area contributed by atoms with Crippen LogP contribution in [0.4, 0.5) is 0 Å². The number of nitrogens with zero attached hydrogens (tertiary/aromatic N) is 2. The van der Waals surface area contributed by atoms with E-state index < -0.39 is 11.4 Å². The van der Waals surface area contributed by atoms with E-state index in [1.807, 2.05) is 6.07 Å². The maximum absolute atomic E-state index is 12.1. The van der Waals surface area contributed by atoms with Crippen LogP contribution in [0.5, 0.6) is 0 Å². The second-order valence-electron chi connectivity index (χ2n) is 5.19. The van der Waals surface area contributed by atoms with E-state index in [-0.39, 0.29) is 25.2 Å². The fourth-order valence-electron chi connectivity index (χ4n) is 1.74. The van der Waals surface area contributed by atoms with Crippen molar-refractivity contribution in [2.24, 2.45) is 5.41 Å². The summed E-state index contributed by atoms with van der Waals surface area (Å²) in [5, 5.41) is 17.4. The van der Waals surface area contributed by atoms with Crippen molar-refractivity contribution in [3.8, 4) is 6.07 Å². The van der Waals surface area contributed by atoms with Gasteiger partial charge in [0.05, 0.1) is 25.5 Å². The summed E-state index contributed by atoms with van der Waals surface area (Å²) in [5.74, 6) is -1.06. The summed E-state index contributed by atoms with van der Waals surface area (Å²) in [6, 6.07) is 2.00. The molecule has 19 heavy (non-hydrogen) atoms. The number of ether oxygens (including phenoxy) is 1. The molecular formula is C13H22N2O4. The molecule has 0 fully saturated rings. The molecule has 0 unspecified atom stereocenters. The summed E-state index contributed by atoms with van der Waals surface area (Å²) < 4.78 is 4.93. The van der Waals surface area contributed by atoms with Crippen LogP contribution in [0.15, 0.2) is 0 Å². The fourth-order valence-corrected chi connectivity index (χ4v) is 1.74. The van der Waals surface area contributed by atoms with Crippen molar-refractivity contribution in [1.82, 2.24) is 4.90 Å². The highest BCUT2D eigenvalue weighted by Crippen LogP contribution is 2.25. The Morgan fingerprint density at radius 2 is 1.95 bits per heavy atom. The van der Waals surface area contributed by atoms with E-state index in [1.165, 1.54) is 0 Å². The molecule has 0 rings (SSSR count). The van der Waals surface area contributed by atoms with Crippen molar-refractivity contribution >= 4 is 11.9 Å². The second-order valence-corrected chi connectivity index (χ2v) is 5.19. The van der Waals surface area contributed by atoms with E-state index in [0.29, 0.717) is 19.7 Å². The van der Waals surface area contributed by atoms with Gasteiger partial charge in [-0.05, 0) is 5.41 Å². The van der Waals surface area contributed by atoms with Crippen LogP contribution in [0.3, 0.4) is 0 Å². The molecular weight excluding hydrogens is 248 g/mol. The van der Waals surface area contributed by atoms with Crippen LogP contribution in [0.1, 0.15) is 33.1 Å². The Morgan fingerprint density at radius 3 is 2.42 bits per heavy atom. The number of hydrogen-bond acceptors (Lipinski definition) is 4. The molecule has 6 nitrogen and oxygen atoms in total. The summed E-state index contributed by atoms with van der Waals surface area (Å²) >= 11 is 0. The number of carboxylic acids is 1. The molecule has 108 valence electrons. The number of carbonyl (C=O) groups excluding carboxylic acids is 1. The van der Waals surface area contributed by atoms with E-state index in [0.717, 1.165) is 0 Å². The highest BCUT2D eigenvalue weighted by atomic mass is 16.5. The van der Waals surface area contributed by atoms with Crippen molar-refractivity contribution in [1.29, 1.82) is 5.26 Å².